The van der Waals surface area contributed by atoms with Crippen molar-refractivity contribution >= 4 is 15.8 Å². The third-order valence-corrected chi connectivity index (χ3v) is 5.31. The molecule has 0 unspecified atom stereocenters. The Kier molecular flexibility index (Phi) is 3.43. The van der Waals surface area contributed by atoms with Gasteiger partial charge in [0.25, 0.3) is 0 Å². The molecule has 0 bridgehead atoms. The average Bonchev–Trinajstić information content (AvgIpc) is 2.00. The van der Waals surface area contributed by atoms with Crippen LogP contribution in [0.15, 0.2) is 4.36 Å². The van der Waals surface area contributed by atoms with Crippen molar-refractivity contribution < 1.29 is 9.00 Å². The molecule has 1 fully saturated rings. The van der Waals surface area contributed by atoms with Gasteiger partial charge in [-0.05, 0) is 24.2 Å². The van der Waals surface area contributed by atoms with Gasteiger partial charge in [0.05, 0.1) is 9.73 Å². The lowest BCUT2D eigenvalue weighted by atomic mass is 9.77. The molecule has 0 aromatic heterocycles. The molecule has 2 N–H and O–H groups in total. The molecule has 0 aromatic rings. The number of amides is 2. The van der Waals surface area contributed by atoms with Gasteiger partial charge in [0.1, 0.15) is 0 Å². The zero-order valence-corrected chi connectivity index (χ0v) is 10.5. The maximum absolute atomic E-state index is 12.0. The summed E-state index contributed by atoms with van der Waals surface area (Å²) in [6.45, 7) is 6.57. The summed E-state index contributed by atoms with van der Waals surface area (Å²) in [6, 6.07) is -0.797. The first-order valence-electron chi connectivity index (χ1n) is 5.25. The maximum atomic E-state index is 12.0. The van der Waals surface area contributed by atoms with Crippen molar-refractivity contribution in [3.8, 4) is 0 Å². The minimum Gasteiger partial charge on any atom is -0.349 e. The number of hydrogen-bond donors (Lipinski definition) is 1. The molecule has 0 aromatic carbocycles. The molecule has 1 saturated heterocycles. The van der Waals surface area contributed by atoms with Crippen LogP contribution < -0.4 is 5.73 Å². The highest BCUT2D eigenvalue weighted by Crippen LogP contribution is 2.35. The minimum absolute atomic E-state index is 0.244. The fourth-order valence-corrected chi connectivity index (χ4v) is 4.04. The summed E-state index contributed by atoms with van der Waals surface area (Å²) in [5.74, 6) is 1.59. The summed E-state index contributed by atoms with van der Waals surface area (Å²) in [5, 5.41) is 0. The molecule has 0 radical (unpaired) electrons. The van der Waals surface area contributed by atoms with E-state index in [1.807, 2.05) is 0 Å². The van der Waals surface area contributed by atoms with Crippen LogP contribution in [-0.4, -0.2) is 21.7 Å². The molecule has 0 saturated carbocycles. The molecule has 0 atom stereocenters. The summed E-state index contributed by atoms with van der Waals surface area (Å²) in [5.41, 5.74) is 5.19. The zero-order chi connectivity index (χ0) is 11.7. The molecule has 1 aliphatic rings. The molecule has 0 spiro atoms. The highest BCUT2D eigenvalue weighted by atomic mass is 32.2. The molecule has 88 valence electrons. The van der Waals surface area contributed by atoms with Crippen molar-refractivity contribution in [3.05, 3.63) is 0 Å². The number of rotatable bonds is 0. The second kappa shape index (κ2) is 4.12. The van der Waals surface area contributed by atoms with Crippen molar-refractivity contribution in [2.45, 2.75) is 33.6 Å². The fraction of sp³-hybridized carbons (Fsp3) is 0.900. The maximum Gasteiger partial charge on any atom is 0.346 e. The number of hydrogen-bond acceptors (Lipinski definition) is 2. The topological polar surface area (TPSA) is 72.5 Å². The van der Waals surface area contributed by atoms with E-state index in [9.17, 15) is 9.00 Å². The Hall–Kier alpha value is -0.580. The van der Waals surface area contributed by atoms with Crippen LogP contribution in [0.5, 0.6) is 0 Å². The Bertz CT molecular complexity index is 348. The van der Waals surface area contributed by atoms with Crippen molar-refractivity contribution in [3.63, 3.8) is 0 Å². The predicted molar refractivity (Wildman–Crippen MR) is 62.1 cm³/mol. The molecule has 2 amide bonds. The monoisotopic (exact) mass is 232 g/mol. The van der Waals surface area contributed by atoms with Crippen LogP contribution in [0.4, 0.5) is 4.79 Å². The molecule has 1 aliphatic heterocycles. The standard InChI is InChI=1S/C10H20N2O2S/c1-10(2,3)8-4-6-15(14,7-5-8)12-9(11)13/h8H,4-7H2,1-3H3,(H2,11,13). The van der Waals surface area contributed by atoms with Crippen LogP contribution in [0, 0.1) is 11.3 Å². The minimum atomic E-state index is -2.33. The fourth-order valence-electron chi connectivity index (χ4n) is 2.02. The number of nitrogens with zero attached hydrogens (tertiary/aromatic N) is 1. The number of nitrogens with two attached hydrogens (primary N) is 1. The Morgan fingerprint density at radius 3 is 2.13 bits per heavy atom. The van der Waals surface area contributed by atoms with E-state index in [-0.39, 0.29) is 5.41 Å². The number of carbonyl (C=O) groups is 1. The highest BCUT2D eigenvalue weighted by molar-refractivity contribution is 7.93. The number of primary amides is 1. The first-order chi connectivity index (χ1) is 6.73. The van der Waals surface area contributed by atoms with E-state index in [2.05, 4.69) is 25.1 Å². The normalized spacial score (nSPS) is 32.3. The van der Waals surface area contributed by atoms with E-state index in [1.54, 1.807) is 0 Å². The van der Waals surface area contributed by atoms with Gasteiger partial charge in [-0.25, -0.2) is 9.00 Å². The van der Waals surface area contributed by atoms with Crippen molar-refractivity contribution in [2.75, 3.05) is 11.5 Å². The lowest BCUT2D eigenvalue weighted by molar-refractivity contribution is 0.223. The first kappa shape index (κ1) is 12.5. The van der Waals surface area contributed by atoms with Crippen molar-refractivity contribution in [2.24, 2.45) is 21.4 Å². The summed E-state index contributed by atoms with van der Waals surface area (Å²) in [6.07, 6.45) is 1.75. The van der Waals surface area contributed by atoms with Crippen LogP contribution in [0.3, 0.4) is 0 Å². The lowest BCUT2D eigenvalue weighted by Gasteiger charge is -2.34. The molecular weight excluding hydrogens is 212 g/mol. The van der Waals surface area contributed by atoms with Gasteiger partial charge in [-0.1, -0.05) is 20.8 Å². The summed E-state index contributed by atoms with van der Waals surface area (Å²) in [7, 11) is -2.33. The summed E-state index contributed by atoms with van der Waals surface area (Å²) >= 11 is 0. The van der Waals surface area contributed by atoms with E-state index in [1.165, 1.54) is 0 Å². The molecular formula is C10H20N2O2S. The predicted octanol–water partition coefficient (Wildman–Crippen LogP) is 1.99. The highest BCUT2D eigenvalue weighted by Gasteiger charge is 2.30. The Morgan fingerprint density at radius 1 is 1.33 bits per heavy atom. The average molecular weight is 232 g/mol. The second-order valence-corrected chi connectivity index (χ2v) is 7.79. The summed E-state index contributed by atoms with van der Waals surface area (Å²) in [4.78, 5) is 10.6. The van der Waals surface area contributed by atoms with E-state index in [4.69, 9.17) is 5.73 Å². The number of urea groups is 1. The van der Waals surface area contributed by atoms with Crippen LogP contribution in [-0.2, 0) is 9.73 Å². The Labute approximate surface area is 91.8 Å². The first-order valence-corrected chi connectivity index (χ1v) is 7.10. The van der Waals surface area contributed by atoms with Crippen LogP contribution in [0.2, 0.25) is 0 Å². The third kappa shape index (κ3) is 3.48. The van der Waals surface area contributed by atoms with Gasteiger partial charge in [0.2, 0.25) is 0 Å². The summed E-state index contributed by atoms with van der Waals surface area (Å²) < 4.78 is 15.6. The van der Waals surface area contributed by atoms with E-state index < -0.39 is 15.8 Å². The molecule has 1 heterocycles. The van der Waals surface area contributed by atoms with Gasteiger partial charge in [-0.2, -0.15) is 0 Å². The smallest absolute Gasteiger partial charge is 0.346 e. The van der Waals surface area contributed by atoms with Crippen LogP contribution in [0.25, 0.3) is 0 Å². The van der Waals surface area contributed by atoms with Gasteiger partial charge < -0.3 is 5.73 Å². The largest absolute Gasteiger partial charge is 0.349 e. The van der Waals surface area contributed by atoms with Crippen molar-refractivity contribution in [1.82, 2.24) is 0 Å². The third-order valence-electron chi connectivity index (χ3n) is 3.05. The van der Waals surface area contributed by atoms with Crippen LogP contribution in [0.1, 0.15) is 33.6 Å². The molecule has 0 aliphatic carbocycles. The molecule has 15 heavy (non-hydrogen) atoms. The lowest BCUT2D eigenvalue weighted by Crippen LogP contribution is -2.31. The van der Waals surface area contributed by atoms with E-state index in [0.717, 1.165) is 12.8 Å². The van der Waals surface area contributed by atoms with E-state index in [0.29, 0.717) is 17.4 Å². The Morgan fingerprint density at radius 2 is 1.80 bits per heavy atom. The van der Waals surface area contributed by atoms with Crippen molar-refractivity contribution in [1.29, 1.82) is 0 Å². The SMILES string of the molecule is CC(C)(C)C1CCS(=O)(=NC(N)=O)CC1. The van der Waals surface area contributed by atoms with Crippen LogP contribution >= 0.6 is 0 Å². The molecule has 4 nitrogen and oxygen atoms in total. The van der Waals surface area contributed by atoms with E-state index >= 15 is 0 Å². The van der Waals surface area contributed by atoms with Gasteiger partial charge in [-0.15, -0.1) is 4.36 Å². The van der Waals surface area contributed by atoms with Gasteiger partial charge >= 0.3 is 6.03 Å². The Balaban J connectivity index is 2.72. The second-order valence-electron chi connectivity index (χ2n) is 5.25. The number of carbonyl (C=O) groups excluding carboxylic acids is 1. The van der Waals surface area contributed by atoms with Gasteiger partial charge in [-0.3, -0.25) is 0 Å². The quantitative estimate of drug-likeness (QED) is 0.693. The van der Waals surface area contributed by atoms with Gasteiger partial charge in [0.15, 0.2) is 0 Å². The molecule has 1 rings (SSSR count). The zero-order valence-electron chi connectivity index (χ0n) is 9.66. The molecule has 5 heteroatoms. The van der Waals surface area contributed by atoms with Gasteiger partial charge in [0, 0.05) is 11.5 Å².